The van der Waals surface area contributed by atoms with E-state index in [4.69, 9.17) is 5.11 Å². The summed E-state index contributed by atoms with van der Waals surface area (Å²) in [7, 11) is 1.69. The van der Waals surface area contributed by atoms with Crippen LogP contribution in [0.25, 0.3) is 10.9 Å². The van der Waals surface area contributed by atoms with Crippen LogP contribution >= 0.6 is 0 Å². The van der Waals surface area contributed by atoms with Crippen molar-refractivity contribution in [3.8, 4) is 0 Å². The van der Waals surface area contributed by atoms with E-state index in [1.54, 1.807) is 7.05 Å². The van der Waals surface area contributed by atoms with Gasteiger partial charge in [0.1, 0.15) is 0 Å². The highest BCUT2D eigenvalue weighted by Gasteiger charge is 2.15. The summed E-state index contributed by atoms with van der Waals surface area (Å²) in [6.07, 6.45) is -0.236. The average molecular weight is 273 g/mol. The highest BCUT2D eigenvalue weighted by atomic mass is 16.4. The van der Waals surface area contributed by atoms with Gasteiger partial charge in [-0.2, -0.15) is 0 Å². The van der Waals surface area contributed by atoms with Crippen molar-refractivity contribution in [3.05, 3.63) is 45.2 Å². The highest BCUT2D eigenvalue weighted by Crippen LogP contribution is 2.24. The molecule has 0 aliphatic carbocycles. The van der Waals surface area contributed by atoms with Gasteiger partial charge in [0.05, 0.1) is 11.9 Å². The summed E-state index contributed by atoms with van der Waals surface area (Å²) >= 11 is 0. The minimum atomic E-state index is -0.982. The molecule has 0 radical (unpaired) electrons. The molecule has 0 aliphatic rings. The van der Waals surface area contributed by atoms with Crippen molar-refractivity contribution in [1.29, 1.82) is 0 Å². The summed E-state index contributed by atoms with van der Waals surface area (Å²) in [5.74, 6) is -0.594. The van der Waals surface area contributed by atoms with Gasteiger partial charge in [0.2, 0.25) is 0 Å². The maximum atomic E-state index is 12.3. The molecule has 0 fully saturated rings. The van der Waals surface area contributed by atoms with Crippen LogP contribution in [0.1, 0.15) is 36.5 Å². The third-order valence-corrected chi connectivity index (χ3v) is 3.80. The van der Waals surface area contributed by atoms with Crippen LogP contribution in [0.4, 0.5) is 0 Å². The molecule has 106 valence electrons. The van der Waals surface area contributed by atoms with Crippen molar-refractivity contribution >= 4 is 16.9 Å². The molecule has 4 heteroatoms. The molecule has 1 heterocycles. The van der Waals surface area contributed by atoms with E-state index in [0.29, 0.717) is 11.5 Å². The standard InChI is InChI=1S/C16H19NO3/c1-9(2)11-5-6-14-12(7-11)10(3)13(8-15(18)19)16(20)17(14)4/h5-7,9H,8H2,1-4H3,(H,18,19). The van der Waals surface area contributed by atoms with Gasteiger partial charge in [-0.25, -0.2) is 0 Å². The predicted octanol–water partition coefficient (Wildman–Crippen LogP) is 2.60. The lowest BCUT2D eigenvalue weighted by molar-refractivity contribution is -0.136. The van der Waals surface area contributed by atoms with Crippen LogP contribution in [0.2, 0.25) is 0 Å². The molecule has 4 nitrogen and oxygen atoms in total. The SMILES string of the molecule is Cc1c(CC(=O)O)c(=O)n(C)c2ccc(C(C)C)cc12. The first kappa shape index (κ1) is 14.3. The van der Waals surface area contributed by atoms with Crippen LogP contribution < -0.4 is 5.56 Å². The first-order valence-electron chi connectivity index (χ1n) is 6.66. The zero-order valence-corrected chi connectivity index (χ0v) is 12.2. The summed E-state index contributed by atoms with van der Waals surface area (Å²) in [5, 5.41) is 9.93. The number of pyridine rings is 1. The molecule has 1 aromatic heterocycles. The second-order valence-electron chi connectivity index (χ2n) is 5.47. The van der Waals surface area contributed by atoms with E-state index < -0.39 is 5.97 Å². The molecular formula is C16H19NO3. The van der Waals surface area contributed by atoms with Gasteiger partial charge in [-0.3, -0.25) is 9.59 Å². The Kier molecular flexibility index (Phi) is 3.66. The summed E-state index contributed by atoms with van der Waals surface area (Å²) in [5.41, 5.74) is 2.93. The fourth-order valence-electron chi connectivity index (χ4n) is 2.50. The van der Waals surface area contributed by atoms with E-state index in [1.807, 2.05) is 19.1 Å². The zero-order valence-electron chi connectivity index (χ0n) is 12.2. The normalized spacial score (nSPS) is 11.2. The van der Waals surface area contributed by atoms with Crippen molar-refractivity contribution in [2.45, 2.75) is 33.1 Å². The minimum absolute atomic E-state index is 0.227. The molecule has 0 spiro atoms. The lowest BCUT2D eigenvalue weighted by Crippen LogP contribution is -2.25. The van der Waals surface area contributed by atoms with Gasteiger partial charge in [-0.15, -0.1) is 0 Å². The smallest absolute Gasteiger partial charge is 0.308 e. The Morgan fingerprint density at radius 3 is 2.55 bits per heavy atom. The van der Waals surface area contributed by atoms with Crippen LogP contribution in [-0.4, -0.2) is 15.6 Å². The number of aromatic nitrogens is 1. The Bertz CT molecular complexity index is 741. The Morgan fingerprint density at radius 2 is 2.00 bits per heavy atom. The van der Waals surface area contributed by atoms with Gasteiger partial charge in [0.25, 0.3) is 5.56 Å². The molecule has 0 unspecified atom stereocenters. The summed E-state index contributed by atoms with van der Waals surface area (Å²) < 4.78 is 1.53. The third kappa shape index (κ3) is 2.33. The van der Waals surface area contributed by atoms with Crippen molar-refractivity contribution in [3.63, 3.8) is 0 Å². The summed E-state index contributed by atoms with van der Waals surface area (Å²) in [6, 6.07) is 6.01. The van der Waals surface area contributed by atoms with Gasteiger partial charge in [-0.1, -0.05) is 19.9 Å². The molecule has 1 aromatic carbocycles. The van der Waals surface area contributed by atoms with E-state index in [0.717, 1.165) is 16.5 Å². The number of nitrogens with zero attached hydrogens (tertiary/aromatic N) is 1. The Hall–Kier alpha value is -2.10. The zero-order chi connectivity index (χ0) is 15.0. The molecule has 20 heavy (non-hydrogen) atoms. The van der Waals surface area contributed by atoms with Crippen LogP contribution in [0, 0.1) is 6.92 Å². The fraction of sp³-hybridized carbons (Fsp3) is 0.375. The number of benzene rings is 1. The van der Waals surface area contributed by atoms with Gasteiger partial charge < -0.3 is 9.67 Å². The first-order chi connectivity index (χ1) is 9.32. The topological polar surface area (TPSA) is 59.3 Å². The van der Waals surface area contributed by atoms with E-state index in [-0.39, 0.29) is 12.0 Å². The maximum Gasteiger partial charge on any atom is 0.308 e. The largest absolute Gasteiger partial charge is 0.481 e. The summed E-state index contributed by atoms with van der Waals surface area (Å²) in [6.45, 7) is 6.04. The average Bonchev–Trinajstić information content (AvgIpc) is 2.40. The Balaban J connectivity index is 2.83. The molecule has 0 atom stereocenters. The van der Waals surface area contributed by atoms with Gasteiger partial charge in [0.15, 0.2) is 0 Å². The van der Waals surface area contributed by atoms with Crippen LogP contribution in [0.5, 0.6) is 0 Å². The molecule has 0 amide bonds. The van der Waals surface area contributed by atoms with Gasteiger partial charge >= 0.3 is 5.97 Å². The lowest BCUT2D eigenvalue weighted by Gasteiger charge is -2.14. The predicted molar refractivity (Wildman–Crippen MR) is 79.4 cm³/mol. The van der Waals surface area contributed by atoms with Crippen molar-refractivity contribution in [2.24, 2.45) is 7.05 Å². The number of aryl methyl sites for hydroxylation is 2. The lowest BCUT2D eigenvalue weighted by atomic mass is 9.96. The second kappa shape index (κ2) is 5.12. The molecule has 0 aliphatic heterocycles. The van der Waals surface area contributed by atoms with Crippen LogP contribution in [0.15, 0.2) is 23.0 Å². The van der Waals surface area contributed by atoms with Crippen LogP contribution in [0.3, 0.4) is 0 Å². The number of carboxylic acids is 1. The van der Waals surface area contributed by atoms with E-state index in [2.05, 4.69) is 19.9 Å². The van der Waals surface area contributed by atoms with Crippen molar-refractivity contribution in [2.75, 3.05) is 0 Å². The van der Waals surface area contributed by atoms with Gasteiger partial charge in [0, 0.05) is 18.0 Å². The second-order valence-corrected chi connectivity index (χ2v) is 5.47. The van der Waals surface area contributed by atoms with E-state index in [1.165, 1.54) is 10.1 Å². The third-order valence-electron chi connectivity index (χ3n) is 3.80. The Labute approximate surface area is 117 Å². The minimum Gasteiger partial charge on any atom is -0.481 e. The van der Waals surface area contributed by atoms with Gasteiger partial charge in [-0.05, 0) is 36.1 Å². The Morgan fingerprint density at radius 1 is 1.35 bits per heavy atom. The number of rotatable bonds is 3. The number of hydrogen-bond donors (Lipinski definition) is 1. The molecule has 0 bridgehead atoms. The van der Waals surface area contributed by atoms with E-state index >= 15 is 0 Å². The number of carbonyl (C=O) groups is 1. The van der Waals surface area contributed by atoms with E-state index in [9.17, 15) is 9.59 Å². The number of fused-ring (bicyclic) bond motifs is 1. The molecular weight excluding hydrogens is 254 g/mol. The number of hydrogen-bond acceptors (Lipinski definition) is 2. The maximum absolute atomic E-state index is 12.3. The highest BCUT2D eigenvalue weighted by molar-refractivity contribution is 5.85. The molecule has 0 saturated heterocycles. The number of carboxylic acid groups (broad SMARTS) is 1. The van der Waals surface area contributed by atoms with Crippen LogP contribution in [-0.2, 0) is 18.3 Å². The molecule has 2 rings (SSSR count). The summed E-state index contributed by atoms with van der Waals surface area (Å²) in [4.78, 5) is 23.2. The fourth-order valence-corrected chi connectivity index (χ4v) is 2.50. The number of aliphatic carboxylic acids is 1. The molecule has 0 saturated carbocycles. The molecule has 2 aromatic rings. The quantitative estimate of drug-likeness (QED) is 0.935. The van der Waals surface area contributed by atoms with Crippen molar-refractivity contribution in [1.82, 2.24) is 4.57 Å². The molecule has 1 N–H and O–H groups in total. The van der Waals surface area contributed by atoms with Crippen molar-refractivity contribution < 1.29 is 9.90 Å². The first-order valence-corrected chi connectivity index (χ1v) is 6.66. The monoisotopic (exact) mass is 273 g/mol.